The summed E-state index contributed by atoms with van der Waals surface area (Å²) in [5.41, 5.74) is 7.12. The molecular weight excluding hydrogens is 372 g/mol. The zero-order valence-electron chi connectivity index (χ0n) is 16.0. The lowest BCUT2D eigenvalue weighted by Crippen LogP contribution is -2.42. The van der Waals surface area contributed by atoms with Crippen molar-refractivity contribution in [3.8, 4) is 11.6 Å². The minimum absolute atomic E-state index is 0.0869. The molecule has 2 atom stereocenters. The Morgan fingerprint density at radius 1 is 1.38 bits per heavy atom. The molecule has 2 unspecified atom stereocenters. The molecule has 0 bridgehead atoms. The molecule has 1 aliphatic heterocycles. The van der Waals surface area contributed by atoms with E-state index in [-0.39, 0.29) is 6.04 Å². The number of nitrogens with zero attached hydrogens (tertiary/aromatic N) is 5. The fourth-order valence-electron chi connectivity index (χ4n) is 3.75. The molecule has 10 heteroatoms. The summed E-state index contributed by atoms with van der Waals surface area (Å²) in [4.78, 5) is 9.06. The first-order chi connectivity index (χ1) is 14.2. The quantitative estimate of drug-likeness (QED) is 0.449. The molecule has 1 aliphatic rings. The van der Waals surface area contributed by atoms with Crippen molar-refractivity contribution in [1.82, 2.24) is 30.1 Å². The van der Waals surface area contributed by atoms with Crippen LogP contribution < -0.4 is 16.4 Å². The van der Waals surface area contributed by atoms with Crippen molar-refractivity contribution in [1.29, 1.82) is 0 Å². The largest absolute Gasteiger partial charge is 0.461 e. The third-order valence-electron chi connectivity index (χ3n) is 5.10. The van der Waals surface area contributed by atoms with Gasteiger partial charge in [0.05, 0.1) is 12.0 Å². The number of aromatic nitrogens is 5. The highest BCUT2D eigenvalue weighted by molar-refractivity contribution is 5.57. The van der Waals surface area contributed by atoms with E-state index >= 15 is 0 Å². The van der Waals surface area contributed by atoms with E-state index in [0.29, 0.717) is 41.5 Å². The van der Waals surface area contributed by atoms with Gasteiger partial charge in [0, 0.05) is 30.6 Å². The molecule has 4 N–H and O–H groups in total. The van der Waals surface area contributed by atoms with Crippen LogP contribution in [0.4, 0.5) is 11.6 Å². The van der Waals surface area contributed by atoms with Crippen molar-refractivity contribution in [2.45, 2.75) is 38.3 Å². The lowest BCUT2D eigenvalue weighted by atomic mass is 10.0. The van der Waals surface area contributed by atoms with Gasteiger partial charge in [0.25, 0.3) is 5.78 Å². The van der Waals surface area contributed by atoms with Crippen molar-refractivity contribution < 1.29 is 8.94 Å². The van der Waals surface area contributed by atoms with E-state index in [9.17, 15) is 0 Å². The number of nitrogens with two attached hydrogens (primary N) is 1. The van der Waals surface area contributed by atoms with Crippen LogP contribution in [-0.4, -0.2) is 43.4 Å². The van der Waals surface area contributed by atoms with E-state index in [1.807, 2.05) is 13.0 Å². The predicted octanol–water partition coefficient (Wildman–Crippen LogP) is 2.04. The van der Waals surface area contributed by atoms with Crippen LogP contribution in [0.15, 0.2) is 39.5 Å². The first-order valence-corrected chi connectivity index (χ1v) is 9.65. The minimum Gasteiger partial charge on any atom is -0.461 e. The Morgan fingerprint density at radius 3 is 3.03 bits per heavy atom. The Morgan fingerprint density at radius 2 is 2.31 bits per heavy atom. The Hall–Kier alpha value is -3.40. The first kappa shape index (κ1) is 17.7. The predicted molar refractivity (Wildman–Crippen MR) is 106 cm³/mol. The Kier molecular flexibility index (Phi) is 4.39. The molecule has 0 saturated carbocycles. The average Bonchev–Trinajstić information content (AvgIpc) is 3.48. The lowest BCUT2D eigenvalue weighted by Gasteiger charge is -2.25. The summed E-state index contributed by atoms with van der Waals surface area (Å²) < 4.78 is 12.1. The number of aryl methyl sites for hydroxylation is 1. The molecule has 0 spiro atoms. The molecule has 4 aromatic rings. The normalized spacial score (nSPS) is 17.8. The number of fused-ring (bicyclic) bond motifs is 1. The maximum Gasteiger partial charge on any atom is 0.256 e. The molecule has 0 aliphatic carbocycles. The summed E-state index contributed by atoms with van der Waals surface area (Å²) >= 11 is 0. The molecule has 29 heavy (non-hydrogen) atoms. The van der Waals surface area contributed by atoms with Gasteiger partial charge >= 0.3 is 0 Å². The van der Waals surface area contributed by atoms with Crippen LogP contribution in [-0.2, 0) is 6.42 Å². The third kappa shape index (κ3) is 3.54. The molecule has 4 aromatic heterocycles. The van der Waals surface area contributed by atoms with Crippen LogP contribution in [0.2, 0.25) is 0 Å². The number of hydrogen-bond acceptors (Lipinski definition) is 9. The van der Waals surface area contributed by atoms with Crippen molar-refractivity contribution in [3.05, 3.63) is 42.0 Å². The molecular formula is C19H22N8O2. The first-order valence-electron chi connectivity index (χ1n) is 9.65. The monoisotopic (exact) mass is 394 g/mol. The summed E-state index contributed by atoms with van der Waals surface area (Å²) in [7, 11) is 0. The summed E-state index contributed by atoms with van der Waals surface area (Å²) in [6.45, 7) is 2.90. The lowest BCUT2D eigenvalue weighted by molar-refractivity contribution is 0.386. The fraction of sp³-hybridized carbons (Fsp3) is 0.368. The summed E-state index contributed by atoms with van der Waals surface area (Å²) in [5, 5.41) is 15.6. The van der Waals surface area contributed by atoms with Crippen LogP contribution >= 0.6 is 0 Å². The van der Waals surface area contributed by atoms with E-state index in [1.54, 1.807) is 24.5 Å². The van der Waals surface area contributed by atoms with Crippen LogP contribution in [0, 0.1) is 6.92 Å². The highest BCUT2D eigenvalue weighted by Crippen LogP contribution is 2.22. The number of hydrogen-bond donors (Lipinski definition) is 3. The average molecular weight is 394 g/mol. The van der Waals surface area contributed by atoms with E-state index < -0.39 is 0 Å². The van der Waals surface area contributed by atoms with E-state index in [4.69, 9.17) is 14.7 Å². The molecule has 0 radical (unpaired) electrons. The molecule has 0 amide bonds. The van der Waals surface area contributed by atoms with Gasteiger partial charge in [-0.2, -0.15) is 14.5 Å². The SMILES string of the molecule is Cc1cc(CC(Nc2cc(N)n3nc(-c4ccco4)nc3n2)C2CCCN2)no1. The van der Waals surface area contributed by atoms with Crippen molar-refractivity contribution in [2.24, 2.45) is 0 Å². The van der Waals surface area contributed by atoms with Gasteiger partial charge in [-0.05, 0) is 38.4 Å². The number of furan rings is 1. The smallest absolute Gasteiger partial charge is 0.256 e. The van der Waals surface area contributed by atoms with Crippen molar-refractivity contribution in [3.63, 3.8) is 0 Å². The van der Waals surface area contributed by atoms with Crippen LogP contribution in [0.25, 0.3) is 17.4 Å². The zero-order chi connectivity index (χ0) is 19.8. The topological polar surface area (TPSA) is 132 Å². The fourth-order valence-corrected chi connectivity index (χ4v) is 3.75. The Balaban J connectivity index is 1.44. The standard InChI is InChI=1S/C19H22N8O2/c1-11-8-12(26-29-11)9-14(13-4-2-6-21-13)22-17-10-16(20)27-19(23-17)24-18(25-27)15-5-3-7-28-15/h3,5,7-8,10,13-14,21H,2,4,6,9,20H2,1H3,(H,22,23,24,25). The van der Waals surface area contributed by atoms with Gasteiger partial charge < -0.3 is 25.3 Å². The molecule has 5 rings (SSSR count). The van der Waals surface area contributed by atoms with Crippen LogP contribution in [0.1, 0.15) is 24.3 Å². The van der Waals surface area contributed by atoms with Crippen molar-refractivity contribution >= 4 is 17.4 Å². The third-order valence-corrected chi connectivity index (χ3v) is 5.10. The van der Waals surface area contributed by atoms with Gasteiger partial charge in [-0.15, -0.1) is 5.10 Å². The Labute approximate surface area is 166 Å². The molecule has 1 fully saturated rings. The second kappa shape index (κ2) is 7.21. The Bertz CT molecular complexity index is 1110. The molecule has 10 nitrogen and oxygen atoms in total. The van der Waals surface area contributed by atoms with Gasteiger partial charge in [0.1, 0.15) is 17.4 Å². The summed E-state index contributed by atoms with van der Waals surface area (Å²) in [6, 6.07) is 7.71. The van der Waals surface area contributed by atoms with Gasteiger partial charge in [-0.25, -0.2) is 0 Å². The van der Waals surface area contributed by atoms with E-state index in [0.717, 1.165) is 30.8 Å². The maximum atomic E-state index is 6.22. The van der Waals surface area contributed by atoms with Gasteiger partial charge in [-0.3, -0.25) is 0 Å². The van der Waals surface area contributed by atoms with Crippen molar-refractivity contribution in [2.75, 3.05) is 17.6 Å². The van der Waals surface area contributed by atoms with E-state index in [1.165, 1.54) is 4.52 Å². The van der Waals surface area contributed by atoms with Gasteiger partial charge in [-0.1, -0.05) is 5.16 Å². The highest BCUT2D eigenvalue weighted by Gasteiger charge is 2.26. The van der Waals surface area contributed by atoms with Gasteiger partial charge in [0.2, 0.25) is 5.82 Å². The summed E-state index contributed by atoms with van der Waals surface area (Å²) in [5.74, 6) is 3.31. The minimum atomic E-state index is 0.0869. The zero-order valence-corrected chi connectivity index (χ0v) is 16.0. The molecule has 5 heterocycles. The van der Waals surface area contributed by atoms with Gasteiger partial charge in [0.15, 0.2) is 5.76 Å². The second-order valence-corrected chi connectivity index (χ2v) is 7.28. The molecule has 0 aromatic carbocycles. The molecule has 1 saturated heterocycles. The second-order valence-electron chi connectivity index (χ2n) is 7.28. The number of nitrogen functional groups attached to an aromatic ring is 1. The van der Waals surface area contributed by atoms with E-state index in [2.05, 4.69) is 30.9 Å². The van der Waals surface area contributed by atoms with Crippen LogP contribution in [0.3, 0.4) is 0 Å². The molecule has 150 valence electrons. The number of nitrogens with one attached hydrogen (secondary N) is 2. The summed E-state index contributed by atoms with van der Waals surface area (Å²) in [6.07, 6.45) is 4.52. The number of anilines is 2. The van der Waals surface area contributed by atoms with Crippen LogP contribution in [0.5, 0.6) is 0 Å². The highest BCUT2D eigenvalue weighted by atomic mass is 16.5. The maximum absolute atomic E-state index is 6.22. The number of rotatable bonds is 6.